The van der Waals surface area contributed by atoms with Gasteiger partial charge in [-0.1, -0.05) is 30.3 Å². The van der Waals surface area contributed by atoms with E-state index < -0.39 is 30.6 Å². The molecule has 1 aromatic heterocycles. The number of anilines is 1. The number of ether oxygens (including phenoxy) is 2. The average Bonchev–Trinajstić information content (AvgIpc) is 3.37. The Balaban J connectivity index is 1.12. The van der Waals surface area contributed by atoms with Crippen molar-refractivity contribution in [2.24, 2.45) is 0 Å². The van der Waals surface area contributed by atoms with Gasteiger partial charge in [0.25, 0.3) is 5.92 Å². The van der Waals surface area contributed by atoms with Gasteiger partial charge in [0.15, 0.2) is 0 Å². The van der Waals surface area contributed by atoms with E-state index in [1.807, 2.05) is 4.90 Å². The molecular weight excluding hydrogens is 492 g/mol. The Morgan fingerprint density at radius 2 is 2.11 bits per heavy atom. The van der Waals surface area contributed by atoms with E-state index in [1.54, 1.807) is 24.3 Å². The molecule has 0 spiro atoms. The van der Waals surface area contributed by atoms with E-state index in [-0.39, 0.29) is 18.9 Å². The average molecular weight is 530 g/mol. The number of aliphatic carboxylic acids is 1. The van der Waals surface area contributed by atoms with Crippen molar-refractivity contribution in [3.8, 4) is 0 Å². The Morgan fingerprint density at radius 1 is 1.24 bits per heavy atom. The van der Waals surface area contributed by atoms with E-state index >= 15 is 0 Å². The van der Waals surface area contributed by atoms with Crippen LogP contribution in [0.5, 0.6) is 0 Å². The van der Waals surface area contributed by atoms with Crippen LogP contribution in [0.1, 0.15) is 73.1 Å². The first kappa shape index (κ1) is 27.0. The van der Waals surface area contributed by atoms with Gasteiger partial charge in [0.1, 0.15) is 18.5 Å². The van der Waals surface area contributed by atoms with Gasteiger partial charge in [-0.25, -0.2) is 13.8 Å². The zero-order valence-electron chi connectivity index (χ0n) is 21.7. The van der Waals surface area contributed by atoms with Crippen molar-refractivity contribution >= 4 is 11.8 Å². The molecule has 0 saturated carbocycles. The summed E-state index contributed by atoms with van der Waals surface area (Å²) >= 11 is 0. The maximum Gasteiger partial charge on any atom is 0.325 e. The van der Waals surface area contributed by atoms with Crippen molar-refractivity contribution in [3.63, 3.8) is 0 Å². The Labute approximate surface area is 222 Å². The third-order valence-electron chi connectivity index (χ3n) is 7.81. The summed E-state index contributed by atoms with van der Waals surface area (Å²) in [5.74, 6) is -2.75. The van der Waals surface area contributed by atoms with Crippen LogP contribution in [0.4, 0.5) is 14.6 Å². The number of halogens is 2. The number of hydrogen-bond donors (Lipinski definition) is 2. The highest BCUT2D eigenvalue weighted by atomic mass is 19.3. The minimum absolute atomic E-state index is 0.0281. The number of rotatable bonds is 10. The number of fused-ring (bicyclic) bond motifs is 1. The van der Waals surface area contributed by atoms with Gasteiger partial charge in [-0.05, 0) is 67.7 Å². The summed E-state index contributed by atoms with van der Waals surface area (Å²) in [7, 11) is 0. The maximum atomic E-state index is 13.6. The second-order valence-corrected chi connectivity index (χ2v) is 10.6. The lowest BCUT2D eigenvalue weighted by atomic mass is 9.91. The number of aryl methyl sites for hydroxylation is 2. The molecule has 1 unspecified atom stereocenters. The van der Waals surface area contributed by atoms with Gasteiger partial charge >= 0.3 is 5.97 Å². The second kappa shape index (κ2) is 12.1. The molecule has 5 rings (SSSR count). The highest BCUT2D eigenvalue weighted by Crippen LogP contribution is 2.39. The number of alkyl halides is 2. The molecule has 7 nitrogen and oxygen atoms in total. The lowest BCUT2D eigenvalue weighted by Gasteiger charge is -2.32. The molecule has 0 aliphatic carbocycles. The summed E-state index contributed by atoms with van der Waals surface area (Å²) in [5.41, 5.74) is 3.69. The molecule has 1 aromatic carbocycles. The fourth-order valence-corrected chi connectivity index (χ4v) is 5.80. The number of aromatic nitrogens is 1. The van der Waals surface area contributed by atoms with Crippen molar-refractivity contribution in [1.82, 2.24) is 9.88 Å². The fourth-order valence-electron chi connectivity index (χ4n) is 5.80. The van der Waals surface area contributed by atoms with E-state index in [9.17, 15) is 18.7 Å². The SMILES string of the molecule is O=C(O)[C@H](c1ccccc1C1CCC(F)(F)CO1)N1CC[C@@H](OCCCCc2ccc3c(n2)NCCC3)C1. The zero-order chi connectivity index (χ0) is 26.5. The minimum atomic E-state index is -2.83. The number of pyridine rings is 1. The van der Waals surface area contributed by atoms with Crippen molar-refractivity contribution in [1.29, 1.82) is 0 Å². The van der Waals surface area contributed by atoms with Gasteiger partial charge in [0, 0.05) is 38.4 Å². The van der Waals surface area contributed by atoms with Crippen LogP contribution in [-0.4, -0.2) is 65.8 Å². The molecule has 206 valence electrons. The zero-order valence-corrected chi connectivity index (χ0v) is 21.7. The molecule has 2 aromatic rings. The Hall–Kier alpha value is -2.62. The molecule has 2 fully saturated rings. The lowest BCUT2D eigenvalue weighted by Crippen LogP contribution is -2.35. The predicted octanol–water partition coefficient (Wildman–Crippen LogP) is 5.17. The molecule has 3 atom stereocenters. The second-order valence-electron chi connectivity index (χ2n) is 10.6. The Bertz CT molecular complexity index is 1100. The van der Waals surface area contributed by atoms with E-state index in [4.69, 9.17) is 14.5 Å². The number of hydrogen-bond acceptors (Lipinski definition) is 6. The molecule has 0 amide bonds. The van der Waals surface area contributed by atoms with E-state index in [0.717, 1.165) is 56.6 Å². The van der Waals surface area contributed by atoms with Crippen molar-refractivity contribution < 1.29 is 28.2 Å². The smallest absolute Gasteiger partial charge is 0.325 e. The molecule has 4 heterocycles. The van der Waals surface area contributed by atoms with Crippen LogP contribution in [0.3, 0.4) is 0 Å². The van der Waals surface area contributed by atoms with Crippen molar-refractivity contribution in [3.05, 3.63) is 58.8 Å². The first-order valence-electron chi connectivity index (χ1n) is 13.8. The highest BCUT2D eigenvalue weighted by Gasteiger charge is 2.40. The summed E-state index contributed by atoms with van der Waals surface area (Å²) in [6, 6.07) is 10.6. The van der Waals surface area contributed by atoms with Gasteiger partial charge in [0.2, 0.25) is 0 Å². The number of nitrogens with one attached hydrogen (secondary N) is 1. The van der Waals surface area contributed by atoms with Gasteiger partial charge in [-0.3, -0.25) is 9.69 Å². The summed E-state index contributed by atoms with van der Waals surface area (Å²) in [5, 5.41) is 13.5. The summed E-state index contributed by atoms with van der Waals surface area (Å²) in [4.78, 5) is 19.1. The van der Waals surface area contributed by atoms with Crippen LogP contribution in [0.15, 0.2) is 36.4 Å². The molecule has 2 N–H and O–H groups in total. The molecule has 9 heteroatoms. The van der Waals surface area contributed by atoms with E-state index in [0.29, 0.717) is 30.8 Å². The summed E-state index contributed by atoms with van der Waals surface area (Å²) in [6.07, 6.45) is 5.15. The standard InChI is InChI=1S/C29H37F2N3O4/c30-29(31)14-12-25(38-19-29)23-8-1-2-9-24(23)26(28(35)36)34-16-13-22(18-34)37-17-4-3-7-21-11-10-20-6-5-15-32-27(20)33-21/h1-2,8-11,22,25-26H,3-7,12-19H2,(H,32,33)(H,35,36)/t22-,25?,26+/m1/s1. The Kier molecular flexibility index (Phi) is 8.55. The lowest BCUT2D eigenvalue weighted by molar-refractivity contribution is -0.147. The number of carbonyl (C=O) groups is 1. The first-order chi connectivity index (χ1) is 18.4. The summed E-state index contributed by atoms with van der Waals surface area (Å²) < 4.78 is 38.8. The minimum Gasteiger partial charge on any atom is -0.480 e. The van der Waals surface area contributed by atoms with Crippen LogP contribution in [0.25, 0.3) is 0 Å². The van der Waals surface area contributed by atoms with Crippen LogP contribution < -0.4 is 5.32 Å². The molecular formula is C29H37F2N3O4. The van der Waals surface area contributed by atoms with Crippen molar-refractivity contribution in [2.45, 2.75) is 75.5 Å². The quantitative estimate of drug-likeness (QED) is 0.411. The number of carboxylic acids is 1. The van der Waals surface area contributed by atoms with Crippen molar-refractivity contribution in [2.75, 3.05) is 38.2 Å². The molecule has 3 aliphatic heterocycles. The monoisotopic (exact) mass is 529 g/mol. The van der Waals surface area contributed by atoms with Crippen LogP contribution in [0, 0.1) is 0 Å². The molecule has 0 bridgehead atoms. The number of unbranched alkanes of at least 4 members (excludes halogenated alkanes) is 1. The third-order valence-corrected chi connectivity index (χ3v) is 7.81. The molecule has 38 heavy (non-hydrogen) atoms. The number of nitrogens with zero attached hydrogens (tertiary/aromatic N) is 2. The molecule has 3 aliphatic rings. The third kappa shape index (κ3) is 6.50. The molecule has 2 saturated heterocycles. The van der Waals surface area contributed by atoms with E-state index in [1.165, 1.54) is 5.56 Å². The van der Waals surface area contributed by atoms with E-state index in [2.05, 4.69) is 17.4 Å². The topological polar surface area (TPSA) is 83.9 Å². The Morgan fingerprint density at radius 3 is 2.92 bits per heavy atom. The largest absolute Gasteiger partial charge is 0.480 e. The number of carboxylic acid groups (broad SMARTS) is 1. The van der Waals surface area contributed by atoms with Crippen LogP contribution in [0.2, 0.25) is 0 Å². The summed E-state index contributed by atoms with van der Waals surface area (Å²) in [6.45, 7) is 2.10. The predicted molar refractivity (Wildman–Crippen MR) is 140 cm³/mol. The molecule has 0 radical (unpaired) electrons. The van der Waals surface area contributed by atoms with Gasteiger partial charge < -0.3 is 19.9 Å². The first-order valence-corrected chi connectivity index (χ1v) is 13.8. The van der Waals surface area contributed by atoms with Gasteiger partial charge in [0.05, 0.1) is 12.2 Å². The number of likely N-dealkylation sites (tertiary alicyclic amines) is 1. The van der Waals surface area contributed by atoms with Gasteiger partial charge in [-0.2, -0.15) is 0 Å². The fraction of sp³-hybridized carbons (Fsp3) is 0.586. The van der Waals surface area contributed by atoms with Gasteiger partial charge in [-0.15, -0.1) is 0 Å². The number of benzene rings is 1. The maximum absolute atomic E-state index is 13.6. The van der Waals surface area contributed by atoms with Crippen LogP contribution in [-0.2, 0) is 27.1 Å². The normalized spacial score (nSPS) is 23.9. The van der Waals surface area contributed by atoms with Crippen LogP contribution >= 0.6 is 0 Å². The highest BCUT2D eigenvalue weighted by molar-refractivity contribution is 5.76.